The number of para-hydroxylation sites is 1. The largest absolute Gasteiger partial charge is 0.416 e. The van der Waals surface area contributed by atoms with Crippen molar-refractivity contribution in [2.45, 2.75) is 32.5 Å². The number of rotatable bonds is 8. The first-order valence-corrected chi connectivity index (χ1v) is 12.5. The quantitative estimate of drug-likeness (QED) is 0.325. The van der Waals surface area contributed by atoms with Crippen LogP contribution in [0.5, 0.6) is 0 Å². The van der Waals surface area contributed by atoms with Crippen LogP contribution in [0.25, 0.3) is 10.9 Å². The third-order valence-electron chi connectivity index (χ3n) is 5.17. The zero-order valence-electron chi connectivity index (χ0n) is 17.5. The van der Waals surface area contributed by atoms with Crippen LogP contribution in [0.3, 0.4) is 0 Å². The summed E-state index contributed by atoms with van der Waals surface area (Å²) in [5.41, 5.74) is 0.854. The van der Waals surface area contributed by atoms with Gasteiger partial charge in [0, 0.05) is 40.6 Å². The number of Topliss-reactive ketones (excluding diaryl/α,β-unsaturated/α-hetero) is 1. The molecule has 0 fully saturated rings. The molecule has 10 heteroatoms. The second kappa shape index (κ2) is 9.36. The third-order valence-corrected chi connectivity index (χ3v) is 6.54. The summed E-state index contributed by atoms with van der Waals surface area (Å²) < 4.78 is 67.8. The van der Waals surface area contributed by atoms with Crippen molar-refractivity contribution in [2.75, 3.05) is 12.8 Å². The smallest absolute Gasteiger partial charge is 0.343 e. The number of ketones is 1. The molecule has 1 heterocycles. The first kappa shape index (κ1) is 24.5. The van der Waals surface area contributed by atoms with Crippen LogP contribution in [0.2, 0.25) is 0 Å². The number of carbonyl (C=O) groups excluding carboxylic acids is 1. The molecule has 0 aliphatic carbocycles. The monoisotopic (exact) mass is 530 g/mol. The van der Waals surface area contributed by atoms with Crippen molar-refractivity contribution in [3.63, 3.8) is 0 Å². The molecule has 172 valence electrons. The number of benzene rings is 2. The lowest BCUT2D eigenvalue weighted by Gasteiger charge is -2.12. The summed E-state index contributed by atoms with van der Waals surface area (Å²) in [6.07, 6.45) is -3.37. The van der Waals surface area contributed by atoms with Crippen LogP contribution >= 0.6 is 15.9 Å². The number of fused-ring (bicyclic) bond motifs is 1. The van der Waals surface area contributed by atoms with E-state index in [1.165, 1.54) is 18.2 Å². The molecule has 0 aliphatic heterocycles. The van der Waals surface area contributed by atoms with E-state index in [9.17, 15) is 26.4 Å². The maximum absolute atomic E-state index is 13.4. The van der Waals surface area contributed by atoms with E-state index in [0.29, 0.717) is 29.6 Å². The summed E-state index contributed by atoms with van der Waals surface area (Å²) in [6, 6.07) is 10.4. The second-order valence-corrected chi connectivity index (χ2v) is 10.2. The number of aryl methyl sites for hydroxylation is 1. The van der Waals surface area contributed by atoms with E-state index < -0.39 is 27.5 Å². The molecule has 32 heavy (non-hydrogen) atoms. The minimum Gasteiger partial charge on any atom is -0.343 e. The van der Waals surface area contributed by atoms with Crippen LogP contribution in [0.15, 0.2) is 46.9 Å². The third kappa shape index (κ3) is 5.41. The molecule has 3 rings (SSSR count). The molecule has 0 unspecified atom stereocenters. The Morgan fingerprint density at radius 1 is 1.12 bits per heavy atom. The Balaban J connectivity index is 1.98. The maximum Gasteiger partial charge on any atom is 0.416 e. The van der Waals surface area contributed by atoms with Gasteiger partial charge >= 0.3 is 6.18 Å². The molecule has 3 aromatic rings. The van der Waals surface area contributed by atoms with Gasteiger partial charge in [-0.05, 0) is 47.0 Å². The van der Waals surface area contributed by atoms with Crippen molar-refractivity contribution in [2.24, 2.45) is 0 Å². The Kier molecular flexibility index (Phi) is 7.16. The van der Waals surface area contributed by atoms with Crippen LogP contribution in [-0.4, -0.2) is 31.6 Å². The van der Waals surface area contributed by atoms with Crippen LogP contribution in [0, 0.1) is 6.92 Å². The zero-order chi connectivity index (χ0) is 23.7. The number of hydrogen-bond acceptors (Lipinski definition) is 3. The topological polar surface area (TPSA) is 68.2 Å². The van der Waals surface area contributed by atoms with E-state index >= 15 is 0 Å². The van der Waals surface area contributed by atoms with Crippen molar-refractivity contribution < 1.29 is 26.4 Å². The van der Waals surface area contributed by atoms with Crippen molar-refractivity contribution in [1.82, 2.24) is 9.29 Å². The van der Waals surface area contributed by atoms with E-state index in [-0.39, 0.29) is 18.5 Å². The van der Waals surface area contributed by atoms with Gasteiger partial charge in [-0.15, -0.1) is 0 Å². The Morgan fingerprint density at radius 2 is 1.81 bits per heavy atom. The molecule has 1 aromatic heterocycles. The molecule has 0 atom stereocenters. The van der Waals surface area contributed by atoms with Gasteiger partial charge < -0.3 is 4.57 Å². The van der Waals surface area contributed by atoms with Crippen LogP contribution in [0.4, 0.5) is 13.2 Å². The predicted octanol–water partition coefficient (Wildman–Crippen LogP) is 5.10. The van der Waals surface area contributed by atoms with Crippen LogP contribution in [0.1, 0.15) is 33.6 Å². The summed E-state index contributed by atoms with van der Waals surface area (Å²) in [7, 11) is -3.31. The number of nitrogens with one attached hydrogen (secondary N) is 1. The highest BCUT2D eigenvalue weighted by Crippen LogP contribution is 2.35. The molecule has 0 radical (unpaired) electrons. The van der Waals surface area contributed by atoms with Crippen molar-refractivity contribution >= 4 is 42.6 Å². The highest BCUT2D eigenvalue weighted by atomic mass is 79.9. The molecule has 2 aromatic carbocycles. The molecule has 0 bridgehead atoms. The average Bonchev–Trinajstić information content (AvgIpc) is 2.97. The summed E-state index contributed by atoms with van der Waals surface area (Å²) in [5.74, 6) is -0.407. The number of nitrogens with zero attached hydrogens (tertiary/aromatic N) is 1. The summed E-state index contributed by atoms with van der Waals surface area (Å²) in [6.45, 7) is 2.41. The fourth-order valence-corrected chi connectivity index (χ4v) is 4.92. The van der Waals surface area contributed by atoms with Crippen molar-refractivity contribution in [1.29, 1.82) is 0 Å². The summed E-state index contributed by atoms with van der Waals surface area (Å²) >= 11 is 3.50. The van der Waals surface area contributed by atoms with Crippen LogP contribution in [-0.2, 0) is 29.2 Å². The standard InChI is InChI=1S/C22H22BrF3N2O3S/c1-14-20(19(29)13-15-7-3-4-9-17(15)22(24,25)26)16-8-5-10-18(23)21(16)28(14)12-6-11-27-32(2,30)31/h3-5,7-10,27H,6,11-13H2,1-2H3. The molecule has 1 N–H and O–H groups in total. The summed E-state index contributed by atoms with van der Waals surface area (Å²) in [4.78, 5) is 13.2. The van der Waals surface area contributed by atoms with Gasteiger partial charge in [-0.25, -0.2) is 13.1 Å². The number of hydrogen-bond donors (Lipinski definition) is 1. The minimum absolute atomic E-state index is 0.0716. The fraction of sp³-hybridized carbons (Fsp3) is 0.318. The van der Waals surface area contributed by atoms with E-state index in [2.05, 4.69) is 20.7 Å². The normalized spacial score (nSPS) is 12.4. The van der Waals surface area contributed by atoms with E-state index in [0.717, 1.165) is 22.3 Å². The molecular weight excluding hydrogens is 509 g/mol. The molecule has 0 spiro atoms. The molecule has 0 amide bonds. The fourth-order valence-electron chi connectivity index (χ4n) is 3.83. The van der Waals surface area contributed by atoms with Gasteiger partial charge in [-0.3, -0.25) is 4.79 Å². The average molecular weight is 531 g/mol. The van der Waals surface area contributed by atoms with Gasteiger partial charge in [-0.2, -0.15) is 13.2 Å². The van der Waals surface area contributed by atoms with E-state index in [4.69, 9.17) is 0 Å². The van der Waals surface area contributed by atoms with E-state index in [1.807, 2.05) is 10.6 Å². The van der Waals surface area contributed by atoms with Crippen molar-refractivity contribution in [3.05, 3.63) is 69.3 Å². The second-order valence-electron chi connectivity index (χ2n) is 7.52. The van der Waals surface area contributed by atoms with Gasteiger partial charge in [0.2, 0.25) is 10.0 Å². The van der Waals surface area contributed by atoms with Gasteiger partial charge in [0.1, 0.15) is 0 Å². The molecule has 0 saturated heterocycles. The van der Waals surface area contributed by atoms with Crippen LogP contribution < -0.4 is 4.72 Å². The predicted molar refractivity (Wildman–Crippen MR) is 121 cm³/mol. The zero-order valence-corrected chi connectivity index (χ0v) is 19.9. The lowest BCUT2D eigenvalue weighted by Crippen LogP contribution is -2.24. The Morgan fingerprint density at radius 3 is 2.47 bits per heavy atom. The number of carbonyl (C=O) groups is 1. The molecule has 0 aliphatic rings. The summed E-state index contributed by atoms with van der Waals surface area (Å²) in [5, 5.41) is 0.641. The first-order valence-electron chi connectivity index (χ1n) is 9.80. The highest BCUT2D eigenvalue weighted by Gasteiger charge is 2.33. The first-order chi connectivity index (χ1) is 14.9. The molecular formula is C22H22BrF3N2O3S. The Hall–Kier alpha value is -2.17. The minimum atomic E-state index is -4.55. The number of sulfonamides is 1. The van der Waals surface area contributed by atoms with E-state index in [1.54, 1.807) is 19.1 Å². The SMILES string of the molecule is Cc1c(C(=O)Cc2ccccc2C(F)(F)F)c2cccc(Br)c2n1CCCNS(C)(=O)=O. The lowest BCUT2D eigenvalue weighted by atomic mass is 9.97. The number of aromatic nitrogens is 1. The van der Waals surface area contributed by atoms with Gasteiger partial charge in [0.05, 0.1) is 17.3 Å². The lowest BCUT2D eigenvalue weighted by molar-refractivity contribution is -0.138. The maximum atomic E-state index is 13.4. The Labute approximate surface area is 192 Å². The number of alkyl halides is 3. The van der Waals surface area contributed by atoms with Gasteiger partial charge in [0.15, 0.2) is 5.78 Å². The molecule has 0 saturated carbocycles. The number of halogens is 4. The Bertz CT molecular complexity index is 1270. The molecule has 5 nitrogen and oxygen atoms in total. The van der Waals surface area contributed by atoms with Gasteiger partial charge in [-0.1, -0.05) is 30.3 Å². The highest BCUT2D eigenvalue weighted by molar-refractivity contribution is 9.10. The van der Waals surface area contributed by atoms with Gasteiger partial charge in [0.25, 0.3) is 0 Å². The van der Waals surface area contributed by atoms with Crippen molar-refractivity contribution in [3.8, 4) is 0 Å².